The van der Waals surface area contributed by atoms with E-state index < -0.39 is 0 Å². The van der Waals surface area contributed by atoms with Crippen molar-refractivity contribution in [2.75, 3.05) is 12.6 Å². The fourth-order valence-corrected chi connectivity index (χ4v) is 2.11. The number of alkyl halides is 1. The van der Waals surface area contributed by atoms with E-state index in [0.29, 0.717) is 23.4 Å². The van der Waals surface area contributed by atoms with Crippen molar-refractivity contribution in [1.29, 1.82) is 0 Å². The smallest absolute Gasteiger partial charge is 0.257 e. The Labute approximate surface area is 126 Å². The minimum Gasteiger partial charge on any atom is -0.482 e. The fourth-order valence-electron chi connectivity index (χ4n) is 1.87. The molecule has 1 aromatic heterocycles. The highest BCUT2D eigenvalue weighted by molar-refractivity contribution is 9.09. The molecular weight excluding hydrogens is 320 g/mol. The summed E-state index contributed by atoms with van der Waals surface area (Å²) in [7, 11) is 1.77. The lowest BCUT2D eigenvalue weighted by Gasteiger charge is -2.18. The van der Waals surface area contributed by atoms with E-state index in [9.17, 15) is 4.79 Å². The number of rotatable bonds is 5. The van der Waals surface area contributed by atoms with Gasteiger partial charge in [0.05, 0.1) is 5.56 Å². The fraction of sp³-hybridized carbons (Fsp3) is 0.200. The van der Waals surface area contributed by atoms with Crippen LogP contribution in [0, 0.1) is 0 Å². The molecule has 0 aliphatic carbocycles. The number of para-hydroxylation sites is 1. The number of hydrogen-bond acceptors (Lipinski definition) is 3. The summed E-state index contributed by atoms with van der Waals surface area (Å²) in [5.41, 5.74) is 1.95. The molecule has 1 heterocycles. The summed E-state index contributed by atoms with van der Waals surface area (Å²) >= 11 is 3.21. The van der Waals surface area contributed by atoms with Crippen LogP contribution in [0.4, 0.5) is 0 Å². The molecule has 0 spiro atoms. The van der Waals surface area contributed by atoms with Gasteiger partial charge in [-0.05, 0) is 45.8 Å². The number of nitrogens with zero attached hydrogens (tertiary/aromatic N) is 2. The molecule has 0 N–H and O–H groups in total. The number of amides is 1. The van der Waals surface area contributed by atoms with Crippen LogP contribution in [0.25, 0.3) is 0 Å². The monoisotopic (exact) mass is 334 g/mol. The number of ether oxygens (including phenoxy) is 1. The molecule has 0 saturated carbocycles. The van der Waals surface area contributed by atoms with Crippen molar-refractivity contribution in [3.8, 4) is 5.75 Å². The molecule has 0 atom stereocenters. The largest absolute Gasteiger partial charge is 0.482 e. The van der Waals surface area contributed by atoms with Crippen molar-refractivity contribution in [2.24, 2.45) is 0 Å². The van der Waals surface area contributed by atoms with E-state index in [2.05, 4.69) is 20.9 Å². The highest BCUT2D eigenvalue weighted by Gasteiger charge is 2.16. The number of benzene rings is 1. The summed E-state index contributed by atoms with van der Waals surface area (Å²) < 4.78 is 5.42. The maximum atomic E-state index is 12.5. The van der Waals surface area contributed by atoms with Gasteiger partial charge in [0.25, 0.3) is 5.91 Å². The predicted molar refractivity (Wildman–Crippen MR) is 80.9 cm³/mol. The first-order valence-corrected chi connectivity index (χ1v) is 7.26. The third-order valence-electron chi connectivity index (χ3n) is 2.84. The quantitative estimate of drug-likeness (QED) is 0.789. The molecule has 0 unspecified atom stereocenters. The SMILES string of the molecule is CN(Cc1ccncc1)C(=O)c1ccccc1OCBr. The Kier molecular flexibility index (Phi) is 5.12. The maximum absolute atomic E-state index is 12.5. The summed E-state index contributed by atoms with van der Waals surface area (Å²) in [6.45, 7) is 0.532. The molecule has 1 aromatic carbocycles. The Morgan fingerprint density at radius 1 is 1.25 bits per heavy atom. The van der Waals surface area contributed by atoms with Gasteiger partial charge in [0, 0.05) is 26.0 Å². The van der Waals surface area contributed by atoms with Crippen LogP contribution in [0.5, 0.6) is 5.75 Å². The van der Waals surface area contributed by atoms with Crippen LogP contribution in [0.2, 0.25) is 0 Å². The van der Waals surface area contributed by atoms with Crippen molar-refractivity contribution in [1.82, 2.24) is 9.88 Å². The van der Waals surface area contributed by atoms with Gasteiger partial charge in [0.2, 0.25) is 0 Å². The summed E-state index contributed by atoms with van der Waals surface area (Å²) in [5, 5.41) is 0. The number of aromatic nitrogens is 1. The van der Waals surface area contributed by atoms with Gasteiger partial charge < -0.3 is 9.64 Å². The van der Waals surface area contributed by atoms with Crippen LogP contribution in [0.1, 0.15) is 15.9 Å². The predicted octanol–water partition coefficient (Wildman–Crippen LogP) is 3.09. The number of hydrogen-bond donors (Lipinski definition) is 0. The molecule has 0 aliphatic heterocycles. The molecule has 0 saturated heterocycles. The number of carbonyl (C=O) groups excluding carboxylic acids is 1. The number of carbonyl (C=O) groups is 1. The Morgan fingerprint density at radius 3 is 2.65 bits per heavy atom. The second-order valence-electron chi connectivity index (χ2n) is 4.27. The normalized spacial score (nSPS) is 10.1. The van der Waals surface area contributed by atoms with Gasteiger partial charge in [-0.3, -0.25) is 9.78 Å². The molecule has 4 nitrogen and oxygen atoms in total. The Morgan fingerprint density at radius 2 is 1.95 bits per heavy atom. The first-order chi connectivity index (χ1) is 9.72. The van der Waals surface area contributed by atoms with Crippen molar-refractivity contribution in [2.45, 2.75) is 6.54 Å². The van der Waals surface area contributed by atoms with Crippen molar-refractivity contribution in [3.63, 3.8) is 0 Å². The van der Waals surface area contributed by atoms with Gasteiger partial charge in [-0.2, -0.15) is 0 Å². The van der Waals surface area contributed by atoms with Gasteiger partial charge in [-0.15, -0.1) is 0 Å². The van der Waals surface area contributed by atoms with Crippen LogP contribution >= 0.6 is 15.9 Å². The highest BCUT2D eigenvalue weighted by Crippen LogP contribution is 2.20. The first kappa shape index (κ1) is 14.5. The second-order valence-corrected chi connectivity index (χ2v) is 4.72. The van der Waals surface area contributed by atoms with Gasteiger partial charge in [0.1, 0.15) is 11.3 Å². The minimum absolute atomic E-state index is 0.0710. The zero-order valence-electron chi connectivity index (χ0n) is 11.1. The van der Waals surface area contributed by atoms with E-state index in [-0.39, 0.29) is 5.91 Å². The molecular formula is C15H15BrN2O2. The van der Waals surface area contributed by atoms with Crippen LogP contribution < -0.4 is 4.74 Å². The standard InChI is InChI=1S/C15H15BrN2O2/c1-18(10-12-6-8-17-9-7-12)15(19)13-4-2-3-5-14(13)20-11-16/h2-9H,10-11H2,1H3. The lowest BCUT2D eigenvalue weighted by Crippen LogP contribution is -2.26. The van der Waals surface area contributed by atoms with Gasteiger partial charge in [0.15, 0.2) is 0 Å². The van der Waals surface area contributed by atoms with Crippen LogP contribution in [-0.4, -0.2) is 28.4 Å². The van der Waals surface area contributed by atoms with E-state index in [1.165, 1.54) is 0 Å². The third kappa shape index (κ3) is 3.57. The maximum Gasteiger partial charge on any atom is 0.257 e. The minimum atomic E-state index is -0.0710. The van der Waals surface area contributed by atoms with Gasteiger partial charge in [-0.1, -0.05) is 12.1 Å². The topological polar surface area (TPSA) is 42.4 Å². The molecule has 0 radical (unpaired) electrons. The van der Waals surface area contributed by atoms with Crippen LogP contribution in [0.3, 0.4) is 0 Å². The van der Waals surface area contributed by atoms with E-state index in [4.69, 9.17) is 4.74 Å². The van der Waals surface area contributed by atoms with Crippen LogP contribution in [-0.2, 0) is 6.54 Å². The lowest BCUT2D eigenvalue weighted by atomic mass is 10.1. The number of halogens is 1. The molecule has 5 heteroatoms. The molecule has 2 rings (SSSR count). The van der Waals surface area contributed by atoms with Crippen molar-refractivity contribution < 1.29 is 9.53 Å². The second kappa shape index (κ2) is 7.05. The first-order valence-electron chi connectivity index (χ1n) is 6.14. The lowest BCUT2D eigenvalue weighted by molar-refractivity contribution is 0.0781. The summed E-state index contributed by atoms with van der Waals surface area (Å²) in [5.74, 6) is 0.509. The van der Waals surface area contributed by atoms with Crippen molar-refractivity contribution in [3.05, 3.63) is 59.9 Å². The van der Waals surface area contributed by atoms with E-state index in [1.807, 2.05) is 24.3 Å². The zero-order chi connectivity index (χ0) is 14.4. The average molecular weight is 335 g/mol. The molecule has 1 amide bonds. The molecule has 2 aromatic rings. The summed E-state index contributed by atoms with van der Waals surface area (Å²) in [6.07, 6.45) is 3.44. The molecule has 0 bridgehead atoms. The Balaban J connectivity index is 2.14. The molecule has 104 valence electrons. The molecule has 0 aliphatic rings. The molecule has 20 heavy (non-hydrogen) atoms. The van der Waals surface area contributed by atoms with Crippen LogP contribution in [0.15, 0.2) is 48.8 Å². The Bertz CT molecular complexity index is 575. The summed E-state index contributed by atoms with van der Waals surface area (Å²) in [6, 6.07) is 11.0. The van der Waals surface area contributed by atoms with E-state index >= 15 is 0 Å². The third-order valence-corrected chi connectivity index (χ3v) is 3.07. The number of pyridine rings is 1. The van der Waals surface area contributed by atoms with Gasteiger partial charge in [-0.25, -0.2) is 0 Å². The van der Waals surface area contributed by atoms with Crippen molar-refractivity contribution >= 4 is 21.8 Å². The van der Waals surface area contributed by atoms with E-state index in [0.717, 1.165) is 5.56 Å². The summed E-state index contributed by atoms with van der Waals surface area (Å²) in [4.78, 5) is 18.1. The van der Waals surface area contributed by atoms with E-state index in [1.54, 1.807) is 36.5 Å². The zero-order valence-corrected chi connectivity index (χ0v) is 12.7. The average Bonchev–Trinajstić information content (AvgIpc) is 2.48. The van der Waals surface area contributed by atoms with Gasteiger partial charge >= 0.3 is 0 Å². The Hall–Kier alpha value is -1.88. The highest BCUT2D eigenvalue weighted by atomic mass is 79.9. The molecule has 0 fully saturated rings.